The van der Waals surface area contributed by atoms with Crippen LogP contribution in [0.5, 0.6) is 0 Å². The maximum absolute atomic E-state index is 12.0. The molecule has 0 aliphatic carbocycles. The smallest absolute Gasteiger partial charge is 0.248 e. The van der Waals surface area contributed by atoms with Gasteiger partial charge in [-0.3, -0.25) is 14.5 Å². The van der Waals surface area contributed by atoms with Crippen molar-refractivity contribution in [1.82, 2.24) is 10.2 Å². The molecule has 1 heterocycles. The lowest BCUT2D eigenvalue weighted by Gasteiger charge is -2.19. The van der Waals surface area contributed by atoms with Gasteiger partial charge in [-0.1, -0.05) is 25.4 Å². The van der Waals surface area contributed by atoms with Crippen LogP contribution in [0.3, 0.4) is 0 Å². The Balaban J connectivity index is 2.00. The molecule has 1 fully saturated rings. The fraction of sp³-hybridized carbons (Fsp3) is 0.429. The topological polar surface area (TPSA) is 52.7 Å². The molecule has 0 spiro atoms. The van der Waals surface area contributed by atoms with Crippen LogP contribution in [0.4, 0.5) is 5.69 Å². The van der Waals surface area contributed by atoms with E-state index in [-0.39, 0.29) is 30.9 Å². The van der Waals surface area contributed by atoms with E-state index in [9.17, 15) is 9.59 Å². The van der Waals surface area contributed by atoms with E-state index in [0.29, 0.717) is 11.7 Å². The van der Waals surface area contributed by atoms with Crippen molar-refractivity contribution in [2.75, 3.05) is 24.7 Å². The lowest BCUT2D eigenvalue weighted by Crippen LogP contribution is -2.39. The summed E-state index contributed by atoms with van der Waals surface area (Å²) in [5.41, 5.74) is 0.756. The van der Waals surface area contributed by atoms with E-state index < -0.39 is 0 Å². The molecule has 2 amide bonds. The van der Waals surface area contributed by atoms with Crippen LogP contribution in [0.2, 0.25) is 5.02 Å². The van der Waals surface area contributed by atoms with Gasteiger partial charge >= 0.3 is 0 Å². The third-order valence-corrected chi connectivity index (χ3v) is 3.34. The molecule has 0 saturated carbocycles. The second kappa shape index (κ2) is 6.24. The molecule has 0 radical (unpaired) electrons. The zero-order chi connectivity index (χ0) is 14.7. The van der Waals surface area contributed by atoms with E-state index in [1.54, 1.807) is 34.1 Å². The minimum Gasteiger partial charge on any atom is -0.314 e. The number of anilines is 1. The number of carbonyl (C=O) groups excluding carboxylic acids is 2. The Kier molecular flexibility index (Phi) is 4.62. The lowest BCUT2D eigenvalue weighted by atomic mass is 10.3. The predicted octanol–water partition coefficient (Wildman–Crippen LogP) is 1.47. The molecular formula is C14H18ClN3O2. The van der Waals surface area contributed by atoms with Crippen molar-refractivity contribution in [2.45, 2.75) is 19.9 Å². The maximum Gasteiger partial charge on any atom is 0.248 e. The minimum absolute atomic E-state index is 0.0662. The fourth-order valence-electron chi connectivity index (χ4n) is 1.97. The Morgan fingerprint density at radius 3 is 2.60 bits per heavy atom. The number of nitrogens with one attached hydrogen (secondary N) is 1. The van der Waals surface area contributed by atoms with Crippen LogP contribution in [0.15, 0.2) is 24.3 Å². The van der Waals surface area contributed by atoms with E-state index in [2.05, 4.69) is 5.32 Å². The van der Waals surface area contributed by atoms with Crippen molar-refractivity contribution in [2.24, 2.45) is 0 Å². The normalized spacial score (nSPS) is 15.3. The zero-order valence-corrected chi connectivity index (χ0v) is 12.4. The van der Waals surface area contributed by atoms with Crippen LogP contribution >= 0.6 is 11.6 Å². The molecule has 1 aromatic carbocycles. The average molecular weight is 296 g/mol. The van der Waals surface area contributed by atoms with Gasteiger partial charge in [0.2, 0.25) is 11.8 Å². The Morgan fingerprint density at radius 2 is 2.00 bits per heavy atom. The number of halogens is 1. The summed E-state index contributed by atoms with van der Waals surface area (Å²) in [7, 11) is 0. The number of hydrogen-bond acceptors (Lipinski definition) is 3. The van der Waals surface area contributed by atoms with Gasteiger partial charge in [-0.25, -0.2) is 0 Å². The standard InChI is InChI=1S/C14H18ClN3O2/c1-10(2)16-7-13(19)17-8-14(20)18(9-17)12-5-3-11(15)4-6-12/h3-6,10,16H,7-9H2,1-2H3. The van der Waals surface area contributed by atoms with Crippen LogP contribution in [-0.4, -0.2) is 42.5 Å². The van der Waals surface area contributed by atoms with Crippen molar-refractivity contribution < 1.29 is 9.59 Å². The second-order valence-electron chi connectivity index (χ2n) is 5.07. The van der Waals surface area contributed by atoms with E-state index in [4.69, 9.17) is 11.6 Å². The van der Waals surface area contributed by atoms with Crippen LogP contribution in [-0.2, 0) is 9.59 Å². The molecule has 1 aliphatic heterocycles. The average Bonchev–Trinajstić information content (AvgIpc) is 2.79. The largest absolute Gasteiger partial charge is 0.314 e. The SMILES string of the molecule is CC(C)NCC(=O)N1CC(=O)N(c2ccc(Cl)cc2)C1. The summed E-state index contributed by atoms with van der Waals surface area (Å²) in [4.78, 5) is 27.1. The van der Waals surface area contributed by atoms with Crippen LogP contribution in [0, 0.1) is 0 Å². The first kappa shape index (κ1) is 14.8. The molecule has 108 valence electrons. The molecule has 0 aromatic heterocycles. The highest BCUT2D eigenvalue weighted by molar-refractivity contribution is 6.30. The summed E-state index contributed by atoms with van der Waals surface area (Å²) >= 11 is 5.83. The summed E-state index contributed by atoms with van der Waals surface area (Å²) < 4.78 is 0. The van der Waals surface area contributed by atoms with Gasteiger partial charge in [-0.2, -0.15) is 0 Å². The second-order valence-corrected chi connectivity index (χ2v) is 5.50. The molecule has 0 unspecified atom stereocenters. The zero-order valence-electron chi connectivity index (χ0n) is 11.6. The number of benzene rings is 1. The summed E-state index contributed by atoms with van der Waals surface area (Å²) in [6.45, 7) is 4.62. The number of nitrogens with zero attached hydrogens (tertiary/aromatic N) is 2. The van der Waals surface area contributed by atoms with Crippen molar-refractivity contribution in [3.05, 3.63) is 29.3 Å². The van der Waals surface area contributed by atoms with Crippen LogP contribution in [0.1, 0.15) is 13.8 Å². The Bertz CT molecular complexity index is 502. The molecule has 0 bridgehead atoms. The van der Waals surface area contributed by atoms with E-state index in [1.807, 2.05) is 13.8 Å². The Morgan fingerprint density at radius 1 is 1.35 bits per heavy atom. The molecular weight excluding hydrogens is 278 g/mol. The third kappa shape index (κ3) is 3.49. The first-order valence-electron chi connectivity index (χ1n) is 6.54. The number of carbonyl (C=O) groups is 2. The summed E-state index contributed by atoms with van der Waals surface area (Å²) in [6, 6.07) is 7.26. The minimum atomic E-state index is -0.0785. The summed E-state index contributed by atoms with van der Waals surface area (Å²) in [6.07, 6.45) is 0. The van der Waals surface area contributed by atoms with Gasteiger partial charge in [0.05, 0.1) is 6.54 Å². The Hall–Kier alpha value is -1.59. The van der Waals surface area contributed by atoms with Crippen molar-refractivity contribution >= 4 is 29.1 Å². The van der Waals surface area contributed by atoms with E-state index in [1.165, 1.54) is 0 Å². The molecule has 6 heteroatoms. The molecule has 2 rings (SSSR count). The lowest BCUT2D eigenvalue weighted by molar-refractivity contribution is -0.130. The highest BCUT2D eigenvalue weighted by Gasteiger charge is 2.31. The van der Waals surface area contributed by atoms with Gasteiger partial charge in [0.25, 0.3) is 0 Å². The van der Waals surface area contributed by atoms with Crippen molar-refractivity contribution in [3.63, 3.8) is 0 Å². The third-order valence-electron chi connectivity index (χ3n) is 3.09. The molecule has 1 N–H and O–H groups in total. The van der Waals surface area contributed by atoms with Gasteiger partial charge in [-0.15, -0.1) is 0 Å². The monoisotopic (exact) mass is 295 g/mol. The van der Waals surface area contributed by atoms with Gasteiger partial charge in [0, 0.05) is 16.8 Å². The van der Waals surface area contributed by atoms with Gasteiger partial charge in [0.15, 0.2) is 0 Å². The highest BCUT2D eigenvalue weighted by Crippen LogP contribution is 2.21. The maximum atomic E-state index is 12.0. The molecule has 1 aliphatic rings. The van der Waals surface area contributed by atoms with Gasteiger partial charge in [0.1, 0.15) is 13.2 Å². The van der Waals surface area contributed by atoms with E-state index >= 15 is 0 Å². The molecule has 20 heavy (non-hydrogen) atoms. The van der Waals surface area contributed by atoms with E-state index in [0.717, 1.165) is 5.69 Å². The molecule has 0 atom stereocenters. The molecule has 5 nitrogen and oxygen atoms in total. The first-order valence-corrected chi connectivity index (χ1v) is 6.92. The molecule has 1 saturated heterocycles. The highest BCUT2D eigenvalue weighted by atomic mass is 35.5. The first-order chi connectivity index (χ1) is 9.47. The fourth-order valence-corrected chi connectivity index (χ4v) is 2.09. The Labute approximate surface area is 123 Å². The quantitative estimate of drug-likeness (QED) is 0.915. The van der Waals surface area contributed by atoms with Crippen molar-refractivity contribution in [3.8, 4) is 0 Å². The molecule has 1 aromatic rings. The van der Waals surface area contributed by atoms with Gasteiger partial charge < -0.3 is 10.2 Å². The number of amides is 2. The van der Waals surface area contributed by atoms with Crippen molar-refractivity contribution in [1.29, 1.82) is 0 Å². The summed E-state index contributed by atoms with van der Waals surface area (Å²) in [5.74, 6) is -0.145. The van der Waals surface area contributed by atoms with Crippen LogP contribution in [0.25, 0.3) is 0 Å². The number of rotatable bonds is 4. The number of hydrogen-bond donors (Lipinski definition) is 1. The van der Waals surface area contributed by atoms with Gasteiger partial charge in [-0.05, 0) is 24.3 Å². The predicted molar refractivity (Wildman–Crippen MR) is 78.7 cm³/mol. The summed E-state index contributed by atoms with van der Waals surface area (Å²) in [5, 5.41) is 3.68. The van der Waals surface area contributed by atoms with Crippen LogP contribution < -0.4 is 10.2 Å².